The van der Waals surface area contributed by atoms with Gasteiger partial charge in [-0.2, -0.15) is 0 Å². The Morgan fingerprint density at radius 1 is 1.56 bits per heavy atom. The maximum atomic E-state index is 12.1. The van der Waals surface area contributed by atoms with Crippen LogP contribution in [0.1, 0.15) is 41.0 Å². The number of rotatable bonds is 2. The Morgan fingerprint density at radius 2 is 2.17 bits per heavy atom. The van der Waals surface area contributed by atoms with Gasteiger partial charge in [0.05, 0.1) is 12.1 Å². The van der Waals surface area contributed by atoms with Crippen molar-refractivity contribution in [3.05, 3.63) is 0 Å². The Bertz CT molecular complexity index is 286. The first-order valence-electron chi connectivity index (χ1n) is 6.65. The summed E-state index contributed by atoms with van der Waals surface area (Å²) in [5.74, 6) is 0. The van der Waals surface area contributed by atoms with Crippen molar-refractivity contribution in [1.29, 1.82) is 0 Å². The molecule has 0 aromatic heterocycles. The number of hydrogen-bond donors (Lipinski definition) is 2. The fourth-order valence-electron chi connectivity index (χ4n) is 2.06. The first-order valence-corrected chi connectivity index (χ1v) is 6.65. The highest BCUT2D eigenvalue weighted by molar-refractivity contribution is 5.68. The highest BCUT2D eigenvalue weighted by Gasteiger charge is 2.34. The predicted octanol–water partition coefficient (Wildman–Crippen LogP) is 1.35. The second-order valence-corrected chi connectivity index (χ2v) is 5.95. The van der Waals surface area contributed by atoms with Gasteiger partial charge in [0, 0.05) is 19.1 Å². The number of aliphatic hydroxyl groups excluding tert-OH is 1. The summed E-state index contributed by atoms with van der Waals surface area (Å²) >= 11 is 0. The second kappa shape index (κ2) is 5.89. The van der Waals surface area contributed by atoms with Crippen LogP contribution in [0.5, 0.6) is 0 Å². The molecule has 5 nitrogen and oxygen atoms in total. The normalized spacial score (nSPS) is 26.9. The lowest BCUT2D eigenvalue weighted by Gasteiger charge is -2.41. The van der Waals surface area contributed by atoms with Crippen molar-refractivity contribution in [2.45, 2.75) is 64.8 Å². The summed E-state index contributed by atoms with van der Waals surface area (Å²) in [5, 5.41) is 12.9. The van der Waals surface area contributed by atoms with Crippen LogP contribution in [0.2, 0.25) is 0 Å². The molecule has 3 atom stereocenters. The smallest absolute Gasteiger partial charge is 0.410 e. The van der Waals surface area contributed by atoms with E-state index in [1.165, 1.54) is 0 Å². The zero-order chi connectivity index (χ0) is 13.9. The molecule has 1 heterocycles. The van der Waals surface area contributed by atoms with E-state index in [1.54, 1.807) is 11.8 Å². The van der Waals surface area contributed by atoms with Crippen molar-refractivity contribution in [3.63, 3.8) is 0 Å². The summed E-state index contributed by atoms with van der Waals surface area (Å²) in [6.07, 6.45) is 0.105. The maximum Gasteiger partial charge on any atom is 0.410 e. The highest BCUT2D eigenvalue weighted by atomic mass is 16.6. The number of hydrogen-bond acceptors (Lipinski definition) is 4. The molecule has 1 amide bonds. The lowest BCUT2D eigenvalue weighted by molar-refractivity contribution is -0.00167. The van der Waals surface area contributed by atoms with Gasteiger partial charge in [-0.1, -0.05) is 6.92 Å². The minimum Gasteiger partial charge on any atom is -0.444 e. The summed E-state index contributed by atoms with van der Waals surface area (Å²) < 4.78 is 5.41. The Labute approximate surface area is 109 Å². The Kier molecular flexibility index (Phi) is 4.99. The molecule has 0 aromatic rings. The molecule has 0 aromatic carbocycles. The van der Waals surface area contributed by atoms with E-state index >= 15 is 0 Å². The van der Waals surface area contributed by atoms with Crippen LogP contribution < -0.4 is 5.32 Å². The largest absolute Gasteiger partial charge is 0.444 e. The molecule has 3 unspecified atom stereocenters. The van der Waals surface area contributed by atoms with Gasteiger partial charge in [0.2, 0.25) is 0 Å². The van der Waals surface area contributed by atoms with Gasteiger partial charge in [-0.05, 0) is 34.1 Å². The third-order valence-corrected chi connectivity index (χ3v) is 3.13. The van der Waals surface area contributed by atoms with Crippen molar-refractivity contribution in [3.8, 4) is 0 Å². The summed E-state index contributed by atoms with van der Waals surface area (Å²) in [4.78, 5) is 13.9. The monoisotopic (exact) mass is 258 g/mol. The Balaban J connectivity index is 2.71. The molecular weight excluding hydrogens is 232 g/mol. The van der Waals surface area contributed by atoms with Crippen LogP contribution in [0.25, 0.3) is 0 Å². The standard InChI is InChI=1S/C13H26N2O3/c1-6-10-7-14-11(9(2)16)8-15(10)12(17)18-13(3,4)5/h9-11,14,16H,6-8H2,1-5H3. The number of nitrogens with one attached hydrogen (secondary N) is 1. The molecule has 0 spiro atoms. The molecule has 0 bridgehead atoms. The van der Waals surface area contributed by atoms with E-state index in [-0.39, 0.29) is 18.2 Å². The number of carbonyl (C=O) groups is 1. The van der Waals surface area contributed by atoms with Crippen LogP contribution in [0.3, 0.4) is 0 Å². The minimum absolute atomic E-state index is 0.0830. The number of aliphatic hydroxyl groups is 1. The molecule has 2 N–H and O–H groups in total. The lowest BCUT2D eigenvalue weighted by atomic mass is 10.0. The molecule has 1 saturated heterocycles. The first kappa shape index (κ1) is 15.2. The van der Waals surface area contributed by atoms with E-state index in [0.717, 1.165) is 6.42 Å². The van der Waals surface area contributed by atoms with Gasteiger partial charge in [0.1, 0.15) is 5.60 Å². The van der Waals surface area contributed by atoms with E-state index in [0.29, 0.717) is 13.1 Å². The summed E-state index contributed by atoms with van der Waals surface area (Å²) in [6, 6.07) is 0.0511. The molecule has 1 fully saturated rings. The first-order chi connectivity index (χ1) is 8.24. The zero-order valence-corrected chi connectivity index (χ0v) is 12.1. The molecule has 1 aliphatic rings. The molecule has 5 heteroatoms. The van der Waals surface area contributed by atoms with Crippen molar-refractivity contribution in [1.82, 2.24) is 10.2 Å². The fraction of sp³-hybridized carbons (Fsp3) is 0.923. The Morgan fingerprint density at radius 3 is 2.61 bits per heavy atom. The third-order valence-electron chi connectivity index (χ3n) is 3.13. The number of carbonyl (C=O) groups excluding carboxylic acids is 1. The fourth-order valence-corrected chi connectivity index (χ4v) is 2.06. The number of ether oxygens (including phenoxy) is 1. The second-order valence-electron chi connectivity index (χ2n) is 5.95. The third kappa shape index (κ3) is 4.14. The average molecular weight is 258 g/mol. The molecule has 1 aliphatic heterocycles. The van der Waals surface area contributed by atoms with Gasteiger partial charge in [-0.3, -0.25) is 0 Å². The van der Waals surface area contributed by atoms with Crippen LogP contribution in [-0.2, 0) is 4.74 Å². The summed E-state index contributed by atoms with van der Waals surface area (Å²) in [5.41, 5.74) is -0.486. The maximum absolute atomic E-state index is 12.1. The van der Waals surface area contributed by atoms with Gasteiger partial charge >= 0.3 is 6.09 Å². The minimum atomic E-state index is -0.486. The van der Waals surface area contributed by atoms with E-state index in [2.05, 4.69) is 5.32 Å². The molecule has 106 valence electrons. The van der Waals surface area contributed by atoms with Crippen LogP contribution in [-0.4, -0.2) is 53.0 Å². The van der Waals surface area contributed by atoms with Crippen LogP contribution in [0.4, 0.5) is 4.79 Å². The molecular formula is C13H26N2O3. The van der Waals surface area contributed by atoms with E-state index < -0.39 is 11.7 Å². The van der Waals surface area contributed by atoms with E-state index in [4.69, 9.17) is 4.74 Å². The SMILES string of the molecule is CCC1CNC(C(C)O)CN1C(=O)OC(C)(C)C. The molecule has 18 heavy (non-hydrogen) atoms. The average Bonchev–Trinajstić information content (AvgIpc) is 2.25. The molecule has 0 radical (unpaired) electrons. The summed E-state index contributed by atoms with van der Waals surface area (Å²) in [7, 11) is 0. The van der Waals surface area contributed by atoms with Crippen molar-refractivity contribution < 1.29 is 14.6 Å². The van der Waals surface area contributed by atoms with Crippen molar-refractivity contribution in [2.24, 2.45) is 0 Å². The number of piperazine rings is 1. The lowest BCUT2D eigenvalue weighted by Crippen LogP contribution is -2.61. The van der Waals surface area contributed by atoms with Gasteiger partial charge in [-0.25, -0.2) is 4.79 Å². The van der Waals surface area contributed by atoms with Gasteiger partial charge in [0.15, 0.2) is 0 Å². The topological polar surface area (TPSA) is 61.8 Å². The van der Waals surface area contributed by atoms with Crippen molar-refractivity contribution in [2.75, 3.05) is 13.1 Å². The van der Waals surface area contributed by atoms with Crippen molar-refractivity contribution >= 4 is 6.09 Å². The predicted molar refractivity (Wildman–Crippen MR) is 70.5 cm³/mol. The van der Waals surface area contributed by atoms with Gasteiger partial charge in [0.25, 0.3) is 0 Å². The van der Waals surface area contributed by atoms with Crippen LogP contribution in [0, 0.1) is 0 Å². The number of amides is 1. The molecule has 0 aliphatic carbocycles. The van der Waals surface area contributed by atoms with Crippen LogP contribution >= 0.6 is 0 Å². The molecule has 1 rings (SSSR count). The van der Waals surface area contributed by atoms with E-state index in [1.807, 2.05) is 27.7 Å². The number of nitrogens with zero attached hydrogens (tertiary/aromatic N) is 1. The Hall–Kier alpha value is -0.810. The van der Waals surface area contributed by atoms with Crippen LogP contribution in [0.15, 0.2) is 0 Å². The summed E-state index contributed by atoms with van der Waals surface area (Å²) in [6.45, 7) is 10.6. The van der Waals surface area contributed by atoms with Gasteiger partial charge < -0.3 is 20.1 Å². The van der Waals surface area contributed by atoms with Gasteiger partial charge in [-0.15, -0.1) is 0 Å². The zero-order valence-electron chi connectivity index (χ0n) is 12.1. The van der Waals surface area contributed by atoms with E-state index in [9.17, 15) is 9.90 Å². The quantitative estimate of drug-likeness (QED) is 0.785. The molecule has 0 saturated carbocycles. The highest BCUT2D eigenvalue weighted by Crippen LogP contribution is 2.17.